The molecule has 0 aromatic rings. The van der Waals surface area contributed by atoms with E-state index in [1.54, 1.807) is 6.92 Å². The first kappa shape index (κ1) is 10.1. The molecule has 0 fully saturated rings. The molecule has 0 saturated carbocycles. The summed E-state index contributed by atoms with van der Waals surface area (Å²) >= 11 is 0. The van der Waals surface area contributed by atoms with Gasteiger partial charge in [0.2, 0.25) is 0 Å². The zero-order valence-electron chi connectivity index (χ0n) is 6.80. The molecule has 62 valence electrons. The van der Waals surface area contributed by atoms with E-state index < -0.39 is 7.68 Å². The second kappa shape index (κ2) is 3.49. The van der Waals surface area contributed by atoms with Crippen LogP contribution in [0.25, 0.3) is 0 Å². The van der Waals surface area contributed by atoms with Gasteiger partial charge in [0.05, 0.1) is 6.10 Å². The third-order valence-electron chi connectivity index (χ3n) is 1.29. The van der Waals surface area contributed by atoms with Crippen molar-refractivity contribution in [1.29, 1.82) is 0 Å². The molecule has 0 heterocycles. The lowest BCUT2D eigenvalue weighted by Gasteiger charge is -2.16. The number of hydrogen-bond donors (Lipinski definition) is 0. The molecule has 0 aliphatic rings. The Morgan fingerprint density at radius 1 is 1.40 bits per heavy atom. The van der Waals surface area contributed by atoms with Gasteiger partial charge >= 0.3 is 7.68 Å². The molecule has 0 rings (SSSR count). The highest BCUT2D eigenvalue weighted by Gasteiger charge is 2.19. The third-order valence-corrected chi connectivity index (χ3v) is 2.00. The van der Waals surface area contributed by atoms with Gasteiger partial charge in [-0.25, -0.2) is 0 Å². The molecule has 0 aromatic carbocycles. The summed E-state index contributed by atoms with van der Waals surface area (Å²) in [6.07, 6.45) is -0.277. The van der Waals surface area contributed by atoms with Crippen molar-refractivity contribution in [2.75, 3.05) is 6.66 Å². The molecule has 4 heteroatoms. The first-order valence-electron chi connectivity index (χ1n) is 3.28. The fraction of sp³-hybridized carbons (Fsp3) is 1.00. The van der Waals surface area contributed by atoms with Gasteiger partial charge < -0.3 is 4.52 Å². The smallest absolute Gasteiger partial charge is 0.302 e. The van der Waals surface area contributed by atoms with Crippen molar-refractivity contribution >= 4 is 7.68 Å². The lowest BCUT2D eigenvalue weighted by molar-refractivity contribution is 0.162. The highest BCUT2D eigenvalue weighted by atomic mass is 31.2. The van der Waals surface area contributed by atoms with Gasteiger partial charge in [-0.05, 0) is 12.8 Å². The van der Waals surface area contributed by atoms with Gasteiger partial charge in [0, 0.05) is 6.66 Å². The molecule has 0 aromatic heterocycles. The van der Waals surface area contributed by atoms with Gasteiger partial charge in [-0.2, -0.15) is 4.20 Å². The zero-order chi connectivity index (χ0) is 8.36. The van der Waals surface area contributed by atoms with Gasteiger partial charge in [0.1, 0.15) is 0 Å². The van der Waals surface area contributed by atoms with Crippen LogP contribution in [0.15, 0.2) is 0 Å². The van der Waals surface area contributed by atoms with Crippen molar-refractivity contribution in [2.45, 2.75) is 26.9 Å². The topological polar surface area (TPSA) is 26.3 Å². The predicted molar refractivity (Wildman–Crippen MR) is 40.0 cm³/mol. The minimum atomic E-state index is -3.78. The zero-order valence-corrected chi connectivity index (χ0v) is 7.69. The number of hydrogen-bond acceptors (Lipinski definition) is 2. The van der Waals surface area contributed by atoms with Crippen LogP contribution in [0.1, 0.15) is 20.8 Å². The highest BCUT2D eigenvalue weighted by molar-refractivity contribution is 7.52. The lowest BCUT2D eigenvalue weighted by Crippen LogP contribution is -2.12. The van der Waals surface area contributed by atoms with Crippen molar-refractivity contribution in [3.05, 3.63) is 0 Å². The molecule has 0 N–H and O–H groups in total. The van der Waals surface area contributed by atoms with Crippen LogP contribution in [-0.2, 0) is 9.09 Å². The van der Waals surface area contributed by atoms with Crippen molar-refractivity contribution < 1.29 is 13.3 Å². The van der Waals surface area contributed by atoms with Crippen molar-refractivity contribution in [3.8, 4) is 0 Å². The molecule has 2 nitrogen and oxygen atoms in total. The number of rotatable bonds is 3. The SMILES string of the molecule is CC(C)C(C)OP(C)(=O)F. The Bertz CT molecular complexity index is 141. The minimum absolute atomic E-state index is 0.198. The maximum Gasteiger partial charge on any atom is 0.364 e. The van der Waals surface area contributed by atoms with E-state index in [9.17, 15) is 8.76 Å². The van der Waals surface area contributed by atoms with Crippen LogP contribution in [0.3, 0.4) is 0 Å². The quantitative estimate of drug-likeness (QED) is 0.605. The van der Waals surface area contributed by atoms with E-state index in [4.69, 9.17) is 0 Å². The predicted octanol–water partition coefficient (Wildman–Crippen LogP) is 2.84. The average molecular weight is 168 g/mol. The van der Waals surface area contributed by atoms with Crippen molar-refractivity contribution in [1.82, 2.24) is 0 Å². The summed E-state index contributed by atoms with van der Waals surface area (Å²) in [4.78, 5) is 0. The van der Waals surface area contributed by atoms with E-state index in [0.29, 0.717) is 0 Å². The Labute approximate surface area is 61.3 Å². The molecule has 2 unspecified atom stereocenters. The molecule has 0 aliphatic carbocycles. The Morgan fingerprint density at radius 3 is 1.90 bits per heavy atom. The van der Waals surface area contributed by atoms with E-state index >= 15 is 0 Å². The van der Waals surface area contributed by atoms with Crippen LogP contribution in [0.5, 0.6) is 0 Å². The fourth-order valence-corrected chi connectivity index (χ4v) is 1.26. The maximum absolute atomic E-state index is 12.3. The second-order valence-corrected chi connectivity index (χ2v) is 4.51. The van der Waals surface area contributed by atoms with Gasteiger partial charge in [-0.1, -0.05) is 13.8 Å². The largest absolute Gasteiger partial charge is 0.364 e. The van der Waals surface area contributed by atoms with E-state index in [2.05, 4.69) is 4.52 Å². The Hall–Kier alpha value is 0.120. The molecule has 0 spiro atoms. The molecule has 0 amide bonds. The summed E-state index contributed by atoms with van der Waals surface area (Å²) in [6, 6.07) is 0. The third kappa shape index (κ3) is 4.95. The molecule has 10 heavy (non-hydrogen) atoms. The maximum atomic E-state index is 12.3. The van der Waals surface area contributed by atoms with Gasteiger partial charge in [-0.15, -0.1) is 0 Å². The van der Waals surface area contributed by atoms with Crippen molar-refractivity contribution in [2.24, 2.45) is 5.92 Å². The lowest BCUT2D eigenvalue weighted by atomic mass is 10.1. The normalized spacial score (nSPS) is 20.6. The van der Waals surface area contributed by atoms with Crippen LogP contribution in [0.2, 0.25) is 0 Å². The van der Waals surface area contributed by atoms with Crippen LogP contribution < -0.4 is 0 Å². The van der Waals surface area contributed by atoms with E-state index in [1.807, 2.05) is 13.8 Å². The van der Waals surface area contributed by atoms with E-state index in [0.717, 1.165) is 6.66 Å². The molecule has 2 atom stereocenters. The first-order valence-corrected chi connectivity index (χ1v) is 5.25. The molecular weight excluding hydrogens is 154 g/mol. The molecule has 0 aliphatic heterocycles. The Balaban J connectivity index is 3.80. The molecule has 0 saturated heterocycles. The van der Waals surface area contributed by atoms with Crippen LogP contribution >= 0.6 is 7.68 Å². The van der Waals surface area contributed by atoms with Gasteiger partial charge in [0.25, 0.3) is 0 Å². The molecule has 0 radical (unpaired) electrons. The standard InChI is InChI=1S/C6H14FO2P/c1-5(2)6(3)9-10(4,7)8/h5-6H,1-4H3. The minimum Gasteiger partial charge on any atom is -0.302 e. The van der Waals surface area contributed by atoms with Crippen molar-refractivity contribution in [3.63, 3.8) is 0 Å². The van der Waals surface area contributed by atoms with Gasteiger partial charge in [0.15, 0.2) is 0 Å². The average Bonchev–Trinajstić information content (AvgIpc) is 1.60. The fourth-order valence-electron chi connectivity index (χ4n) is 0.419. The highest BCUT2D eigenvalue weighted by Crippen LogP contribution is 2.46. The van der Waals surface area contributed by atoms with Crippen LogP contribution in [0, 0.1) is 5.92 Å². The van der Waals surface area contributed by atoms with Crippen LogP contribution in [-0.4, -0.2) is 12.8 Å². The summed E-state index contributed by atoms with van der Waals surface area (Å²) in [5.74, 6) is 0.198. The molecular formula is C6H14FO2P. The summed E-state index contributed by atoms with van der Waals surface area (Å²) in [7, 11) is -3.78. The van der Waals surface area contributed by atoms with E-state index in [-0.39, 0.29) is 12.0 Å². The van der Waals surface area contributed by atoms with Crippen LogP contribution in [0.4, 0.5) is 4.20 Å². The Morgan fingerprint density at radius 2 is 1.80 bits per heavy atom. The summed E-state index contributed by atoms with van der Waals surface area (Å²) < 4.78 is 27.4. The van der Waals surface area contributed by atoms with E-state index in [1.165, 1.54) is 0 Å². The summed E-state index contributed by atoms with van der Waals surface area (Å²) in [5.41, 5.74) is 0. The first-order chi connectivity index (χ1) is 4.33. The number of halogens is 1. The summed E-state index contributed by atoms with van der Waals surface area (Å²) in [6.45, 7) is 6.47. The molecule has 0 bridgehead atoms. The summed E-state index contributed by atoms with van der Waals surface area (Å²) in [5, 5.41) is 0. The Kier molecular flexibility index (Phi) is 3.54. The van der Waals surface area contributed by atoms with Gasteiger partial charge in [-0.3, -0.25) is 4.57 Å². The second-order valence-electron chi connectivity index (χ2n) is 2.80. The monoisotopic (exact) mass is 168 g/mol.